The van der Waals surface area contributed by atoms with Gasteiger partial charge < -0.3 is 0 Å². The van der Waals surface area contributed by atoms with Gasteiger partial charge in [-0.1, -0.05) is 33.6 Å². The van der Waals surface area contributed by atoms with E-state index in [-0.39, 0.29) is 6.04 Å². The first-order chi connectivity index (χ1) is 9.01. The summed E-state index contributed by atoms with van der Waals surface area (Å²) in [5.41, 5.74) is 7.48. The molecule has 0 bridgehead atoms. The van der Waals surface area contributed by atoms with E-state index in [4.69, 9.17) is 5.84 Å². The normalized spacial score (nSPS) is 12.7. The Balaban J connectivity index is 2.30. The predicted molar refractivity (Wildman–Crippen MR) is 80.6 cm³/mol. The molecule has 19 heavy (non-hydrogen) atoms. The van der Waals surface area contributed by atoms with Crippen molar-refractivity contribution in [3.05, 3.63) is 51.3 Å². The average Bonchev–Trinajstić information content (AvgIpc) is 2.68. The summed E-state index contributed by atoms with van der Waals surface area (Å²) in [5.74, 6) is 5.73. The lowest BCUT2D eigenvalue weighted by molar-refractivity contribution is 0.528. The van der Waals surface area contributed by atoms with Crippen LogP contribution < -0.4 is 11.3 Å². The van der Waals surface area contributed by atoms with E-state index in [2.05, 4.69) is 57.6 Å². The minimum atomic E-state index is 0.0593. The lowest BCUT2D eigenvalue weighted by Gasteiger charge is -2.18. The third kappa shape index (κ3) is 3.23. The Kier molecular flexibility index (Phi) is 4.39. The lowest BCUT2D eigenvalue weighted by atomic mass is 10.0. The number of hydrogen-bond acceptors (Lipinski definition) is 3. The minimum Gasteiger partial charge on any atom is -0.272 e. The number of hydrazine groups is 1. The number of benzene rings is 1. The molecule has 4 nitrogen and oxygen atoms in total. The van der Waals surface area contributed by atoms with Crippen molar-refractivity contribution in [2.24, 2.45) is 12.9 Å². The highest BCUT2D eigenvalue weighted by Gasteiger charge is 2.16. The molecule has 1 atom stereocenters. The van der Waals surface area contributed by atoms with Gasteiger partial charge in [0, 0.05) is 23.6 Å². The molecule has 1 aromatic heterocycles. The van der Waals surface area contributed by atoms with E-state index >= 15 is 0 Å². The van der Waals surface area contributed by atoms with Gasteiger partial charge in [0.2, 0.25) is 0 Å². The highest BCUT2D eigenvalue weighted by Crippen LogP contribution is 2.26. The van der Waals surface area contributed by atoms with E-state index in [0.717, 1.165) is 22.3 Å². The summed E-state index contributed by atoms with van der Waals surface area (Å²) < 4.78 is 2.98. The smallest absolute Gasteiger partial charge is 0.0596 e. The molecule has 0 aliphatic rings. The fourth-order valence-corrected chi connectivity index (χ4v) is 2.78. The number of hydrogen-bond donors (Lipinski definition) is 2. The fourth-order valence-electron chi connectivity index (χ4n) is 2.25. The number of nitrogens with zero attached hydrogens (tertiary/aromatic N) is 2. The number of aromatic nitrogens is 2. The van der Waals surface area contributed by atoms with Crippen molar-refractivity contribution in [3.63, 3.8) is 0 Å². The third-order valence-corrected chi connectivity index (χ3v) is 3.96. The van der Waals surface area contributed by atoms with Crippen molar-refractivity contribution in [3.8, 4) is 0 Å². The molecule has 0 saturated heterocycles. The van der Waals surface area contributed by atoms with Gasteiger partial charge in [0.1, 0.15) is 0 Å². The number of rotatable bonds is 4. The second-order valence-corrected chi connectivity index (χ2v) is 5.70. The summed E-state index contributed by atoms with van der Waals surface area (Å²) in [6.07, 6.45) is 0.801. The Morgan fingerprint density at radius 1 is 1.37 bits per heavy atom. The predicted octanol–water partition coefficient (Wildman–Crippen LogP) is 2.55. The van der Waals surface area contributed by atoms with Gasteiger partial charge in [0.25, 0.3) is 0 Å². The molecule has 1 aromatic carbocycles. The molecule has 1 unspecified atom stereocenters. The SMILES string of the molecule is Cc1ccc(Br)c(C(Cc2cc(C)nn2C)NN)c1. The van der Waals surface area contributed by atoms with Crippen molar-refractivity contribution < 1.29 is 0 Å². The third-order valence-electron chi connectivity index (χ3n) is 3.24. The van der Waals surface area contributed by atoms with Gasteiger partial charge in [0.05, 0.1) is 11.7 Å². The van der Waals surface area contributed by atoms with Crippen LogP contribution in [0.3, 0.4) is 0 Å². The maximum Gasteiger partial charge on any atom is 0.0596 e. The summed E-state index contributed by atoms with van der Waals surface area (Å²) in [4.78, 5) is 0. The fraction of sp³-hybridized carbons (Fsp3) is 0.357. The van der Waals surface area contributed by atoms with E-state index < -0.39 is 0 Å². The second kappa shape index (κ2) is 5.86. The first-order valence-electron chi connectivity index (χ1n) is 6.23. The van der Waals surface area contributed by atoms with Crippen molar-refractivity contribution >= 4 is 15.9 Å². The van der Waals surface area contributed by atoms with Crippen LogP contribution in [0.2, 0.25) is 0 Å². The van der Waals surface area contributed by atoms with Crippen LogP contribution in [0.15, 0.2) is 28.7 Å². The second-order valence-electron chi connectivity index (χ2n) is 4.85. The largest absolute Gasteiger partial charge is 0.272 e. The molecule has 0 amide bonds. The van der Waals surface area contributed by atoms with E-state index in [1.54, 1.807) is 0 Å². The van der Waals surface area contributed by atoms with Gasteiger partial charge in [-0.15, -0.1) is 0 Å². The molecular weight excluding hydrogens is 304 g/mol. The van der Waals surface area contributed by atoms with Gasteiger partial charge in [-0.05, 0) is 31.5 Å². The van der Waals surface area contributed by atoms with Crippen LogP contribution in [0.1, 0.15) is 28.6 Å². The minimum absolute atomic E-state index is 0.0593. The van der Waals surface area contributed by atoms with Crippen molar-refractivity contribution in [2.45, 2.75) is 26.3 Å². The Bertz CT molecular complexity index is 577. The molecule has 0 saturated carbocycles. The van der Waals surface area contributed by atoms with Crippen LogP contribution in [0.4, 0.5) is 0 Å². The van der Waals surface area contributed by atoms with Crippen LogP contribution >= 0.6 is 15.9 Å². The summed E-state index contributed by atoms with van der Waals surface area (Å²) in [5, 5.41) is 4.37. The van der Waals surface area contributed by atoms with Gasteiger partial charge in [-0.3, -0.25) is 16.0 Å². The number of halogens is 1. The molecule has 2 aromatic rings. The van der Waals surface area contributed by atoms with Gasteiger partial charge >= 0.3 is 0 Å². The number of nitrogens with one attached hydrogen (secondary N) is 1. The van der Waals surface area contributed by atoms with E-state index in [0.29, 0.717) is 0 Å². The zero-order valence-electron chi connectivity index (χ0n) is 11.4. The van der Waals surface area contributed by atoms with Crippen molar-refractivity contribution in [2.75, 3.05) is 0 Å². The molecule has 0 aliphatic carbocycles. The Hall–Kier alpha value is -1.17. The maximum absolute atomic E-state index is 5.73. The van der Waals surface area contributed by atoms with Gasteiger partial charge in [-0.2, -0.15) is 5.10 Å². The molecule has 0 fully saturated rings. The number of nitrogens with two attached hydrogens (primary N) is 1. The molecule has 1 heterocycles. The summed E-state index contributed by atoms with van der Waals surface area (Å²) >= 11 is 3.59. The zero-order chi connectivity index (χ0) is 14.0. The quantitative estimate of drug-likeness (QED) is 0.672. The lowest BCUT2D eigenvalue weighted by Crippen LogP contribution is -2.30. The highest BCUT2D eigenvalue weighted by molar-refractivity contribution is 9.10. The summed E-state index contributed by atoms with van der Waals surface area (Å²) in [6, 6.07) is 8.44. The standard InChI is InChI=1S/C14H19BrN4/c1-9-4-5-13(15)12(6-9)14(17-16)8-11-7-10(2)18-19(11)3/h4-7,14,17H,8,16H2,1-3H3. The van der Waals surface area contributed by atoms with Crippen molar-refractivity contribution in [1.82, 2.24) is 15.2 Å². The molecule has 102 valence electrons. The topological polar surface area (TPSA) is 55.9 Å². The highest BCUT2D eigenvalue weighted by atomic mass is 79.9. The molecular formula is C14H19BrN4. The van der Waals surface area contributed by atoms with Crippen LogP contribution in [0.25, 0.3) is 0 Å². The molecule has 0 radical (unpaired) electrons. The Morgan fingerprint density at radius 3 is 2.68 bits per heavy atom. The Morgan fingerprint density at radius 2 is 2.11 bits per heavy atom. The first kappa shape index (κ1) is 14.2. The first-order valence-corrected chi connectivity index (χ1v) is 7.02. The maximum atomic E-state index is 5.73. The monoisotopic (exact) mass is 322 g/mol. The molecule has 5 heteroatoms. The molecule has 3 N–H and O–H groups in total. The summed E-state index contributed by atoms with van der Waals surface area (Å²) in [6.45, 7) is 4.08. The van der Waals surface area contributed by atoms with E-state index in [9.17, 15) is 0 Å². The van der Waals surface area contributed by atoms with Crippen LogP contribution in [0, 0.1) is 13.8 Å². The van der Waals surface area contributed by atoms with Gasteiger partial charge in [0.15, 0.2) is 0 Å². The van der Waals surface area contributed by atoms with Crippen molar-refractivity contribution in [1.29, 1.82) is 0 Å². The molecule has 2 rings (SSSR count). The van der Waals surface area contributed by atoms with Crippen LogP contribution in [-0.4, -0.2) is 9.78 Å². The zero-order valence-corrected chi connectivity index (χ0v) is 13.0. The van der Waals surface area contributed by atoms with Crippen LogP contribution in [-0.2, 0) is 13.5 Å². The number of aryl methyl sites for hydroxylation is 3. The molecule has 0 spiro atoms. The van der Waals surface area contributed by atoms with E-state index in [1.165, 1.54) is 11.1 Å². The van der Waals surface area contributed by atoms with E-state index in [1.807, 2.05) is 18.7 Å². The molecule has 0 aliphatic heterocycles. The van der Waals surface area contributed by atoms with Gasteiger partial charge in [-0.25, -0.2) is 0 Å². The summed E-state index contributed by atoms with van der Waals surface area (Å²) in [7, 11) is 1.96. The van der Waals surface area contributed by atoms with Crippen LogP contribution in [0.5, 0.6) is 0 Å². The Labute approximate surface area is 122 Å². The average molecular weight is 323 g/mol.